The van der Waals surface area contributed by atoms with Gasteiger partial charge in [-0.3, -0.25) is 9.59 Å². The van der Waals surface area contributed by atoms with Crippen molar-refractivity contribution in [2.45, 2.75) is 26.8 Å². The molecule has 3 aromatic carbocycles. The SMILES string of the molecule is CCc1c[c]c2c3c(C(N)=O)cccc3n(Cc3ccccc3NC(C)=O)c2c1. The average molecular weight is 384 g/mol. The van der Waals surface area contributed by atoms with E-state index in [-0.39, 0.29) is 5.91 Å². The van der Waals surface area contributed by atoms with E-state index in [4.69, 9.17) is 5.73 Å². The second-order valence-corrected chi connectivity index (χ2v) is 7.11. The first kappa shape index (κ1) is 18.7. The van der Waals surface area contributed by atoms with Crippen LogP contribution >= 0.6 is 0 Å². The van der Waals surface area contributed by atoms with Crippen molar-refractivity contribution in [2.75, 3.05) is 5.32 Å². The summed E-state index contributed by atoms with van der Waals surface area (Å²) < 4.78 is 2.16. The van der Waals surface area contributed by atoms with Gasteiger partial charge in [-0.2, -0.15) is 0 Å². The third kappa shape index (κ3) is 3.36. The standard InChI is InChI=1S/C24H22N3O2/c1-3-16-11-12-18-22(13-16)27(21-10-6-8-19(23(18)21)24(25)29)14-17-7-4-5-9-20(17)26-15(2)28/h4-11,13H,3,14H2,1-2H3,(H2,25,29)(H,26,28). The minimum atomic E-state index is -0.457. The number of anilines is 1. The fourth-order valence-corrected chi connectivity index (χ4v) is 3.82. The van der Waals surface area contributed by atoms with Crippen molar-refractivity contribution in [2.24, 2.45) is 5.73 Å². The molecule has 1 heterocycles. The molecule has 5 nitrogen and oxygen atoms in total. The number of aryl methyl sites for hydroxylation is 1. The maximum Gasteiger partial charge on any atom is 0.249 e. The maximum absolute atomic E-state index is 12.1. The molecule has 0 atom stereocenters. The molecule has 0 fully saturated rings. The largest absolute Gasteiger partial charge is 0.366 e. The minimum absolute atomic E-state index is 0.114. The maximum atomic E-state index is 12.1. The number of carbonyl (C=O) groups excluding carboxylic acids is 2. The molecule has 1 aromatic heterocycles. The number of para-hydroxylation sites is 1. The number of hydrogen-bond acceptors (Lipinski definition) is 2. The van der Waals surface area contributed by atoms with Crippen LogP contribution in [-0.4, -0.2) is 16.4 Å². The first-order valence-corrected chi connectivity index (χ1v) is 9.60. The van der Waals surface area contributed by atoms with Gasteiger partial charge in [-0.25, -0.2) is 0 Å². The number of aromatic nitrogens is 1. The van der Waals surface area contributed by atoms with Crippen molar-refractivity contribution in [3.8, 4) is 0 Å². The van der Waals surface area contributed by atoms with Crippen LogP contribution in [0.4, 0.5) is 5.69 Å². The predicted octanol–water partition coefficient (Wildman–Crippen LogP) is 4.26. The van der Waals surface area contributed by atoms with Crippen molar-refractivity contribution in [1.82, 2.24) is 4.57 Å². The molecule has 4 rings (SSSR count). The van der Waals surface area contributed by atoms with Crippen LogP contribution in [0.3, 0.4) is 0 Å². The monoisotopic (exact) mass is 384 g/mol. The number of primary amides is 1. The van der Waals surface area contributed by atoms with E-state index in [1.165, 1.54) is 6.92 Å². The summed E-state index contributed by atoms with van der Waals surface area (Å²) in [5, 5.41) is 4.59. The molecule has 0 saturated heterocycles. The molecule has 0 aliphatic heterocycles. The Labute approximate surface area is 169 Å². The molecule has 3 N–H and O–H groups in total. The first-order chi connectivity index (χ1) is 14.0. The number of nitrogens with one attached hydrogen (secondary N) is 1. The number of amides is 2. The fraction of sp³-hybridized carbons (Fsp3) is 0.167. The van der Waals surface area contributed by atoms with Gasteiger partial charge >= 0.3 is 0 Å². The van der Waals surface area contributed by atoms with Gasteiger partial charge in [0.05, 0.1) is 17.6 Å². The number of nitrogens with zero attached hydrogens (tertiary/aromatic N) is 1. The van der Waals surface area contributed by atoms with E-state index in [1.807, 2.05) is 42.5 Å². The Morgan fingerprint density at radius 3 is 2.62 bits per heavy atom. The van der Waals surface area contributed by atoms with Crippen LogP contribution in [-0.2, 0) is 17.8 Å². The van der Waals surface area contributed by atoms with Crippen molar-refractivity contribution in [1.29, 1.82) is 0 Å². The van der Waals surface area contributed by atoms with Gasteiger partial charge in [-0.15, -0.1) is 0 Å². The van der Waals surface area contributed by atoms with E-state index in [0.29, 0.717) is 12.1 Å². The van der Waals surface area contributed by atoms with Crippen LogP contribution in [0.15, 0.2) is 54.6 Å². The van der Waals surface area contributed by atoms with E-state index in [1.54, 1.807) is 6.07 Å². The van der Waals surface area contributed by atoms with Crippen LogP contribution in [0.5, 0.6) is 0 Å². The van der Waals surface area contributed by atoms with Gasteiger partial charge in [0.2, 0.25) is 11.8 Å². The molecule has 0 aliphatic rings. The molecular weight excluding hydrogens is 362 g/mol. The van der Waals surface area contributed by atoms with Crippen LogP contribution in [0, 0.1) is 6.07 Å². The van der Waals surface area contributed by atoms with E-state index in [0.717, 1.165) is 45.0 Å². The highest BCUT2D eigenvalue weighted by atomic mass is 16.1. The van der Waals surface area contributed by atoms with E-state index >= 15 is 0 Å². The second-order valence-electron chi connectivity index (χ2n) is 7.11. The van der Waals surface area contributed by atoms with E-state index in [2.05, 4.69) is 28.9 Å². The Morgan fingerprint density at radius 1 is 1.10 bits per heavy atom. The lowest BCUT2D eigenvalue weighted by Gasteiger charge is -2.13. The first-order valence-electron chi connectivity index (χ1n) is 9.60. The molecule has 0 unspecified atom stereocenters. The van der Waals surface area contributed by atoms with Crippen LogP contribution in [0.1, 0.15) is 35.3 Å². The quantitative estimate of drug-likeness (QED) is 0.539. The summed E-state index contributed by atoms with van der Waals surface area (Å²) in [7, 11) is 0. The average Bonchev–Trinajstić information content (AvgIpc) is 3.02. The van der Waals surface area contributed by atoms with Gasteiger partial charge in [-0.05, 0) is 47.9 Å². The zero-order chi connectivity index (χ0) is 20.5. The summed E-state index contributed by atoms with van der Waals surface area (Å²) in [6.07, 6.45) is 0.888. The zero-order valence-electron chi connectivity index (χ0n) is 16.5. The van der Waals surface area contributed by atoms with Gasteiger partial charge in [0.15, 0.2) is 0 Å². The molecular formula is C24H22N3O2. The molecule has 145 valence electrons. The Hall–Kier alpha value is -3.60. The summed E-state index contributed by atoms with van der Waals surface area (Å²) in [4.78, 5) is 23.7. The number of nitrogens with two attached hydrogens (primary N) is 1. The third-order valence-electron chi connectivity index (χ3n) is 5.18. The topological polar surface area (TPSA) is 77.1 Å². The highest BCUT2D eigenvalue weighted by molar-refractivity contribution is 6.17. The van der Waals surface area contributed by atoms with Crippen LogP contribution < -0.4 is 11.1 Å². The summed E-state index contributed by atoms with van der Waals surface area (Å²) in [5.41, 5.74) is 11.0. The molecule has 29 heavy (non-hydrogen) atoms. The molecule has 1 radical (unpaired) electrons. The molecule has 0 aliphatic carbocycles. The number of rotatable bonds is 5. The Bertz CT molecular complexity index is 1250. The molecule has 0 spiro atoms. The zero-order valence-corrected chi connectivity index (χ0v) is 16.5. The minimum Gasteiger partial charge on any atom is -0.366 e. The normalized spacial score (nSPS) is 11.1. The van der Waals surface area contributed by atoms with Gasteiger partial charge in [0.25, 0.3) is 0 Å². The van der Waals surface area contributed by atoms with Gasteiger partial charge in [-0.1, -0.05) is 37.3 Å². The van der Waals surface area contributed by atoms with Crippen molar-refractivity contribution in [3.05, 3.63) is 77.4 Å². The van der Waals surface area contributed by atoms with Crippen molar-refractivity contribution < 1.29 is 9.59 Å². The molecule has 0 bridgehead atoms. The number of hydrogen-bond donors (Lipinski definition) is 2. The lowest BCUT2D eigenvalue weighted by atomic mass is 10.0. The van der Waals surface area contributed by atoms with E-state index < -0.39 is 5.91 Å². The van der Waals surface area contributed by atoms with Gasteiger partial charge in [0, 0.05) is 28.9 Å². The second kappa shape index (κ2) is 7.43. The summed E-state index contributed by atoms with van der Waals surface area (Å²) in [6, 6.07) is 20.8. The molecule has 5 heteroatoms. The Kier molecular flexibility index (Phi) is 4.80. The lowest BCUT2D eigenvalue weighted by molar-refractivity contribution is -0.114. The van der Waals surface area contributed by atoms with Crippen molar-refractivity contribution >= 4 is 39.3 Å². The fourth-order valence-electron chi connectivity index (χ4n) is 3.82. The van der Waals surface area contributed by atoms with Crippen LogP contribution in [0.25, 0.3) is 21.8 Å². The van der Waals surface area contributed by atoms with Crippen molar-refractivity contribution in [3.63, 3.8) is 0 Å². The third-order valence-corrected chi connectivity index (χ3v) is 5.18. The molecule has 2 amide bonds. The molecule has 0 saturated carbocycles. The smallest absolute Gasteiger partial charge is 0.249 e. The summed E-state index contributed by atoms with van der Waals surface area (Å²) in [5.74, 6) is -0.571. The van der Waals surface area contributed by atoms with Gasteiger partial charge < -0.3 is 15.6 Å². The summed E-state index contributed by atoms with van der Waals surface area (Å²) in [6.45, 7) is 4.14. The van der Waals surface area contributed by atoms with E-state index in [9.17, 15) is 9.59 Å². The van der Waals surface area contributed by atoms with Crippen LogP contribution in [0.2, 0.25) is 0 Å². The van der Waals surface area contributed by atoms with Gasteiger partial charge in [0.1, 0.15) is 0 Å². The Balaban J connectivity index is 2.00. The summed E-state index contributed by atoms with van der Waals surface area (Å²) >= 11 is 0. The number of benzene rings is 3. The highest BCUT2D eigenvalue weighted by Crippen LogP contribution is 2.33. The molecule has 4 aromatic rings. The predicted molar refractivity (Wildman–Crippen MR) is 116 cm³/mol. The number of fused-ring (bicyclic) bond motifs is 3. The number of carbonyl (C=O) groups is 2. The lowest BCUT2D eigenvalue weighted by Crippen LogP contribution is -2.11. The highest BCUT2D eigenvalue weighted by Gasteiger charge is 2.17. The Morgan fingerprint density at radius 2 is 1.90 bits per heavy atom.